The third-order valence-corrected chi connectivity index (χ3v) is 1.28. The lowest BCUT2D eigenvalue weighted by atomic mass is 10.2. The molecule has 0 aliphatic heterocycles. The molecular formula is C14H24N2O6S. The molecule has 1 rings (SSSR count). The van der Waals surface area contributed by atoms with Crippen LogP contribution in [-0.4, -0.2) is 47.1 Å². The smallest absolute Gasteiger partial charge is 0.300 e. The van der Waals surface area contributed by atoms with Crippen molar-refractivity contribution in [3.63, 3.8) is 0 Å². The predicted molar refractivity (Wildman–Crippen MR) is 90.0 cm³/mol. The van der Waals surface area contributed by atoms with Crippen LogP contribution < -0.4 is 6.15 Å². The standard InChI is InChI=1S/C8H8O.C2H4O2.C2H6O2.CHNS.CH2O.H3N/c1-7(9)8-5-3-2-4-6-8;1-2(3)4;3-1-2-4;2-1-3;1-2;/h2-6H,1H3;1H3,(H,3,4);3-4H,1-2H2;3H;1H2;1H3. The zero-order chi connectivity index (χ0) is 18.4. The maximum atomic E-state index is 10.6. The maximum Gasteiger partial charge on any atom is 0.300 e. The third kappa shape index (κ3) is 54.0. The number of carboxylic acids is 1. The molecule has 0 unspecified atom stereocenters. The van der Waals surface area contributed by atoms with Gasteiger partial charge in [-0.15, -0.1) is 0 Å². The van der Waals surface area contributed by atoms with Gasteiger partial charge in [-0.3, -0.25) is 9.59 Å². The zero-order valence-corrected chi connectivity index (χ0v) is 14.2. The molecule has 0 spiro atoms. The molecule has 7 N–H and O–H groups in total. The van der Waals surface area contributed by atoms with Gasteiger partial charge in [-0.25, -0.2) is 5.26 Å². The van der Waals surface area contributed by atoms with Crippen molar-refractivity contribution in [1.29, 1.82) is 5.26 Å². The van der Waals surface area contributed by atoms with Gasteiger partial charge in [-0.1, -0.05) is 35.7 Å². The molecule has 0 atom stereocenters. The Labute approximate surface area is 141 Å². The number of benzene rings is 1. The van der Waals surface area contributed by atoms with Gasteiger partial charge in [0.1, 0.15) is 6.79 Å². The Morgan fingerprint density at radius 2 is 1.39 bits per heavy atom. The quantitative estimate of drug-likeness (QED) is 0.350. The molecule has 0 bridgehead atoms. The number of nitriles is 1. The number of aliphatic carboxylic acids is 1. The van der Waals surface area contributed by atoms with E-state index in [-0.39, 0.29) is 25.1 Å². The molecule has 132 valence electrons. The van der Waals surface area contributed by atoms with Crippen LogP contribution in [0.4, 0.5) is 0 Å². The predicted octanol–water partition coefficient (Wildman–Crippen LogP) is 1.16. The van der Waals surface area contributed by atoms with Crippen LogP contribution in [0.1, 0.15) is 24.2 Å². The van der Waals surface area contributed by atoms with Gasteiger partial charge < -0.3 is 38.9 Å². The molecular weight excluding hydrogens is 324 g/mol. The van der Waals surface area contributed by atoms with Crippen molar-refractivity contribution in [2.24, 2.45) is 0 Å². The first kappa shape index (κ1) is 32.5. The molecule has 0 aromatic heterocycles. The molecule has 0 aliphatic carbocycles. The van der Waals surface area contributed by atoms with Crippen molar-refractivity contribution in [1.82, 2.24) is 6.15 Å². The Hall–Kier alpha value is -2.38. The number of carboxylic acid groups (broad SMARTS) is 1. The highest BCUT2D eigenvalue weighted by Crippen LogP contribution is 1.97. The lowest BCUT2D eigenvalue weighted by Crippen LogP contribution is -1.88. The van der Waals surface area contributed by atoms with Gasteiger partial charge in [0.25, 0.3) is 5.97 Å². The van der Waals surface area contributed by atoms with Crippen LogP contribution in [0.3, 0.4) is 0 Å². The summed E-state index contributed by atoms with van der Waals surface area (Å²) < 4.78 is 0. The van der Waals surface area contributed by atoms with Gasteiger partial charge in [0.05, 0.1) is 13.2 Å². The lowest BCUT2D eigenvalue weighted by Gasteiger charge is -1.89. The van der Waals surface area contributed by atoms with E-state index >= 15 is 0 Å². The van der Waals surface area contributed by atoms with E-state index in [0.29, 0.717) is 0 Å². The molecule has 0 saturated carbocycles. The molecule has 1 aromatic rings. The molecule has 23 heavy (non-hydrogen) atoms. The van der Waals surface area contributed by atoms with Crippen LogP contribution in [0.2, 0.25) is 0 Å². The number of hydrogen-bond donors (Lipinski definition) is 4. The third-order valence-electron chi connectivity index (χ3n) is 1.28. The molecule has 8 nitrogen and oxygen atoms in total. The van der Waals surface area contributed by atoms with Crippen LogP contribution in [-0.2, 0) is 22.2 Å². The number of thiocyanates is 1. The number of Topliss-reactive ketones (excluding diaryl/α,β-unsaturated/α-hetero) is 1. The average Bonchev–Trinajstić information content (AvgIpc) is 2.50. The van der Waals surface area contributed by atoms with Crippen LogP contribution in [0.5, 0.6) is 0 Å². The Bertz CT molecular complexity index is 403. The second kappa shape index (κ2) is 31.8. The van der Waals surface area contributed by atoms with Gasteiger partial charge >= 0.3 is 0 Å². The van der Waals surface area contributed by atoms with E-state index in [4.69, 9.17) is 30.2 Å². The monoisotopic (exact) mass is 348 g/mol. The van der Waals surface area contributed by atoms with Gasteiger partial charge in [0.15, 0.2) is 5.78 Å². The van der Waals surface area contributed by atoms with Gasteiger partial charge in [-0.05, 0) is 6.92 Å². The molecule has 0 fully saturated rings. The van der Waals surface area contributed by atoms with E-state index < -0.39 is 5.97 Å². The van der Waals surface area contributed by atoms with Crippen LogP contribution in [0.15, 0.2) is 30.3 Å². The largest absolute Gasteiger partial charge is 0.696 e. The average molecular weight is 348 g/mol. The Morgan fingerprint density at radius 3 is 1.52 bits per heavy atom. The number of ketones is 1. The molecule has 0 aliphatic rings. The Kier molecular flexibility index (Phi) is 45.0. The summed E-state index contributed by atoms with van der Waals surface area (Å²) >= 11 is 3.70. The molecule has 0 radical (unpaired) electrons. The molecule has 1 aromatic carbocycles. The molecule has 0 amide bonds. The summed E-state index contributed by atoms with van der Waals surface area (Å²) in [5.41, 5.74) is 0.775. The summed E-state index contributed by atoms with van der Waals surface area (Å²) in [6, 6.07) is 9.23. The fraction of sp³-hybridized carbons (Fsp3) is 0.286. The number of hydrogen-bond acceptors (Lipinski definition) is 7. The summed E-state index contributed by atoms with van der Waals surface area (Å²) in [4.78, 5) is 27.6. The van der Waals surface area contributed by atoms with E-state index in [1.54, 1.807) is 6.92 Å². The Morgan fingerprint density at radius 1 is 1.13 bits per heavy atom. The first-order chi connectivity index (χ1) is 10.4. The minimum Gasteiger partial charge on any atom is -0.696 e. The molecule has 9 heteroatoms. The minimum absolute atomic E-state index is 0. The maximum absolute atomic E-state index is 10.6. The van der Waals surface area contributed by atoms with Crippen LogP contribution in [0.25, 0.3) is 0 Å². The van der Waals surface area contributed by atoms with Crippen molar-refractivity contribution in [3.8, 4) is 5.40 Å². The summed E-state index contributed by atoms with van der Waals surface area (Å²) in [7, 11) is 0. The van der Waals surface area contributed by atoms with Gasteiger partial charge in [0.2, 0.25) is 0 Å². The van der Waals surface area contributed by atoms with Crippen molar-refractivity contribution < 1.29 is 29.7 Å². The number of carbonyl (C=O) groups is 3. The Balaban J connectivity index is -0.0000000664. The first-order valence-corrected chi connectivity index (χ1v) is 6.05. The number of aliphatic hydroxyl groups is 2. The van der Waals surface area contributed by atoms with Crippen LogP contribution in [0, 0.1) is 10.7 Å². The second-order valence-corrected chi connectivity index (χ2v) is 3.16. The molecule has 0 heterocycles. The molecule has 0 saturated heterocycles. The summed E-state index contributed by atoms with van der Waals surface area (Å²) in [5.74, 6) is -0.712. The summed E-state index contributed by atoms with van der Waals surface area (Å²) in [6.45, 7) is 4.40. The number of nitrogens with zero attached hydrogens (tertiary/aromatic N) is 1. The van der Waals surface area contributed by atoms with E-state index in [1.807, 2.05) is 37.1 Å². The van der Waals surface area contributed by atoms with E-state index in [1.165, 1.54) is 5.40 Å². The fourth-order valence-electron chi connectivity index (χ4n) is 0.673. The normalized spacial score (nSPS) is 6.39. The fourth-order valence-corrected chi connectivity index (χ4v) is 0.673. The number of quaternary nitrogens is 1. The van der Waals surface area contributed by atoms with Crippen molar-refractivity contribution in [2.45, 2.75) is 13.8 Å². The second-order valence-electron chi connectivity index (χ2n) is 2.98. The lowest BCUT2D eigenvalue weighted by molar-refractivity contribution is -0.134. The van der Waals surface area contributed by atoms with E-state index in [0.717, 1.165) is 12.5 Å². The minimum atomic E-state index is -0.833. The highest BCUT2D eigenvalue weighted by molar-refractivity contribution is 7.64. The highest BCUT2D eigenvalue weighted by atomic mass is 32.1. The topological polar surface area (TPSA) is 172 Å². The van der Waals surface area contributed by atoms with E-state index in [9.17, 15) is 4.79 Å². The highest BCUT2D eigenvalue weighted by Gasteiger charge is 1.92. The zero-order valence-electron chi connectivity index (χ0n) is 13.4. The number of rotatable bonds is 2. The van der Waals surface area contributed by atoms with Crippen molar-refractivity contribution >= 4 is 31.2 Å². The van der Waals surface area contributed by atoms with Crippen molar-refractivity contribution in [3.05, 3.63) is 35.9 Å². The van der Waals surface area contributed by atoms with E-state index in [2.05, 4.69) is 12.6 Å². The van der Waals surface area contributed by atoms with Gasteiger partial charge in [0, 0.05) is 12.5 Å². The number of carbonyl (C=O) groups excluding carboxylic acids is 2. The number of aliphatic hydroxyl groups excluding tert-OH is 2. The van der Waals surface area contributed by atoms with Gasteiger partial charge in [-0.2, -0.15) is 0 Å². The summed E-state index contributed by atoms with van der Waals surface area (Å²) in [5, 5.41) is 31.1. The van der Waals surface area contributed by atoms with Crippen molar-refractivity contribution in [2.75, 3.05) is 13.2 Å². The van der Waals surface area contributed by atoms with Crippen LogP contribution >= 0.6 is 0 Å². The first-order valence-electron chi connectivity index (χ1n) is 5.64. The SMILES string of the molecule is C=O.CC(=O)O.CC(=O)c1ccccc1.N#C[S-].OCCO.[NH4+]. The summed E-state index contributed by atoms with van der Waals surface area (Å²) in [6.07, 6.45) is 0.